The molecule has 8 heteroatoms. The van der Waals surface area contributed by atoms with E-state index in [4.69, 9.17) is 4.74 Å². The van der Waals surface area contributed by atoms with Crippen LogP contribution in [0.3, 0.4) is 0 Å². The van der Waals surface area contributed by atoms with E-state index < -0.39 is 34.2 Å². The number of aliphatic hydroxyl groups excluding tert-OH is 1. The average molecular weight is 519 g/mol. The second-order valence-electron chi connectivity index (χ2n) is 12.7. The summed E-state index contributed by atoms with van der Waals surface area (Å²) >= 11 is 1.55. The van der Waals surface area contributed by atoms with Crippen LogP contribution in [0, 0.1) is 23.2 Å². The molecule has 0 saturated carbocycles. The Kier molecular flexibility index (Phi) is 7.19. The summed E-state index contributed by atoms with van der Waals surface area (Å²) in [7, 11) is 0. The summed E-state index contributed by atoms with van der Waals surface area (Å²) in [5.74, 6) is -2.08. The lowest BCUT2D eigenvalue weighted by Crippen LogP contribution is -2.61. The smallest absolute Gasteiger partial charge is 0.311 e. The zero-order valence-electron chi connectivity index (χ0n) is 22.7. The number of esters is 1. The number of hydrogen-bond acceptors (Lipinski definition) is 6. The predicted octanol–water partition coefficient (Wildman–Crippen LogP) is 3.42. The number of ether oxygens (including phenoxy) is 1. The second-order valence-corrected chi connectivity index (χ2v) is 14.2. The minimum atomic E-state index is -0.891. The normalized spacial score (nSPS) is 34.1. The van der Waals surface area contributed by atoms with Gasteiger partial charge >= 0.3 is 5.97 Å². The van der Waals surface area contributed by atoms with Gasteiger partial charge in [0.1, 0.15) is 12.6 Å². The minimum Gasteiger partial charge on any atom is -0.461 e. The molecule has 7 nitrogen and oxygen atoms in total. The number of nitrogens with zero attached hydrogens (tertiary/aromatic N) is 2. The maximum Gasteiger partial charge on any atom is 0.311 e. The first kappa shape index (κ1) is 27.2. The second kappa shape index (κ2) is 9.50. The number of cyclic esters (lactones) is 1. The molecule has 0 aromatic rings. The molecule has 1 unspecified atom stereocenters. The van der Waals surface area contributed by atoms with Gasteiger partial charge in [-0.05, 0) is 31.6 Å². The van der Waals surface area contributed by atoms with Gasteiger partial charge < -0.3 is 19.6 Å². The van der Waals surface area contributed by atoms with Gasteiger partial charge in [0.2, 0.25) is 11.8 Å². The van der Waals surface area contributed by atoms with Gasteiger partial charge in [-0.15, -0.1) is 11.8 Å². The third-order valence-corrected chi connectivity index (χ3v) is 10.1. The van der Waals surface area contributed by atoms with Crippen molar-refractivity contribution in [3.63, 3.8) is 0 Å². The molecule has 0 aliphatic carbocycles. The Bertz CT molecular complexity index is 969. The van der Waals surface area contributed by atoms with Crippen molar-refractivity contribution in [3.8, 4) is 0 Å². The van der Waals surface area contributed by atoms with Crippen LogP contribution < -0.4 is 0 Å². The third-order valence-electron chi connectivity index (χ3n) is 8.39. The summed E-state index contributed by atoms with van der Waals surface area (Å²) in [5, 5.41) is 10.2. The highest BCUT2D eigenvalue weighted by Gasteiger charge is 2.72. The summed E-state index contributed by atoms with van der Waals surface area (Å²) in [6.45, 7) is 15.1. The van der Waals surface area contributed by atoms with Gasteiger partial charge in [0.15, 0.2) is 0 Å². The summed E-state index contributed by atoms with van der Waals surface area (Å²) in [4.78, 5) is 45.6. The summed E-state index contributed by atoms with van der Waals surface area (Å²) in [6, 6.07) is -1.30. The molecule has 4 aliphatic rings. The van der Waals surface area contributed by atoms with Crippen LogP contribution in [0.15, 0.2) is 24.3 Å². The molecular weight excluding hydrogens is 476 g/mol. The number of fused-ring (bicyclic) bond motifs is 2. The SMILES string of the molecule is CC[C@H](C)[C@H](CO)N1C(=O)[C@@H]2[C@@H]3C(=O)OCC=C[C@@H]3S[C@@]23C=CCN(C(C)(C)CC(C)(C)C)C(=O)C13. The maximum absolute atomic E-state index is 14.6. The molecule has 1 N–H and O–H groups in total. The Morgan fingerprint density at radius 3 is 2.47 bits per heavy atom. The number of amides is 2. The van der Waals surface area contributed by atoms with Crippen molar-refractivity contribution >= 4 is 29.5 Å². The first-order chi connectivity index (χ1) is 16.8. The molecule has 0 aromatic heterocycles. The predicted molar refractivity (Wildman–Crippen MR) is 141 cm³/mol. The molecular formula is C28H42N2O5S. The van der Waals surface area contributed by atoms with Crippen LogP contribution in [0.4, 0.5) is 0 Å². The van der Waals surface area contributed by atoms with E-state index in [9.17, 15) is 19.5 Å². The van der Waals surface area contributed by atoms with E-state index in [0.29, 0.717) is 6.54 Å². The lowest BCUT2D eigenvalue weighted by atomic mass is 9.78. The highest BCUT2D eigenvalue weighted by molar-refractivity contribution is 8.02. The van der Waals surface area contributed by atoms with Crippen LogP contribution in [0.1, 0.15) is 61.3 Å². The Morgan fingerprint density at radius 1 is 1.17 bits per heavy atom. The standard InChI is InChI=1S/C28H42N2O5S/c1-8-17(2)18(15-31)30-22-24(33)29(27(6,7)16-26(3,4)5)13-10-12-28(22)21(23(30)32)20-19(36-28)11-9-14-35-25(20)34/h9-12,17-22,31H,8,13-16H2,1-7H3/t17-,18-,19-,20+,21-,22?,28-/m0/s1. The maximum atomic E-state index is 14.6. The fourth-order valence-corrected chi connectivity index (χ4v) is 9.01. The fraction of sp³-hybridized carbons (Fsp3) is 0.750. The Morgan fingerprint density at radius 2 is 1.86 bits per heavy atom. The first-order valence-corrected chi connectivity index (χ1v) is 14.1. The monoisotopic (exact) mass is 518 g/mol. The molecule has 200 valence electrons. The fourth-order valence-electron chi connectivity index (χ4n) is 7.02. The van der Waals surface area contributed by atoms with Gasteiger partial charge in [-0.1, -0.05) is 65.3 Å². The van der Waals surface area contributed by atoms with E-state index in [0.717, 1.165) is 12.8 Å². The number of carbonyl (C=O) groups is 3. The van der Waals surface area contributed by atoms with Crippen molar-refractivity contribution in [1.82, 2.24) is 9.80 Å². The van der Waals surface area contributed by atoms with Crippen LogP contribution in [0.2, 0.25) is 0 Å². The van der Waals surface area contributed by atoms with E-state index in [1.807, 2.05) is 43.1 Å². The Labute approximate surface area is 219 Å². The van der Waals surface area contributed by atoms with Crippen LogP contribution in [0.25, 0.3) is 0 Å². The van der Waals surface area contributed by atoms with E-state index in [-0.39, 0.29) is 47.6 Å². The van der Waals surface area contributed by atoms with Crippen LogP contribution in [-0.4, -0.2) is 80.1 Å². The van der Waals surface area contributed by atoms with E-state index in [1.54, 1.807) is 16.7 Å². The third kappa shape index (κ3) is 4.32. The lowest BCUT2D eigenvalue weighted by Gasteiger charge is -2.46. The van der Waals surface area contributed by atoms with E-state index in [1.165, 1.54) is 0 Å². The first-order valence-electron chi connectivity index (χ1n) is 13.2. The number of thioether (sulfide) groups is 1. The molecule has 2 fully saturated rings. The zero-order chi connectivity index (χ0) is 26.6. The van der Waals surface area contributed by atoms with Crippen molar-refractivity contribution < 1.29 is 24.2 Å². The van der Waals surface area contributed by atoms with E-state index >= 15 is 0 Å². The minimum absolute atomic E-state index is 0.000579. The number of rotatable bonds is 6. The van der Waals surface area contributed by atoms with Crippen molar-refractivity contribution in [2.45, 2.75) is 88.9 Å². The number of aliphatic hydroxyl groups is 1. The molecule has 0 bridgehead atoms. The molecule has 0 aromatic carbocycles. The molecule has 0 radical (unpaired) electrons. The summed E-state index contributed by atoms with van der Waals surface area (Å²) < 4.78 is 4.56. The van der Waals surface area contributed by atoms with Crippen molar-refractivity contribution in [2.24, 2.45) is 23.2 Å². The van der Waals surface area contributed by atoms with Crippen molar-refractivity contribution in [2.75, 3.05) is 19.8 Å². The Hall–Kier alpha value is -1.80. The molecule has 2 saturated heterocycles. The molecule has 36 heavy (non-hydrogen) atoms. The van der Waals surface area contributed by atoms with Gasteiger partial charge in [-0.2, -0.15) is 0 Å². The highest BCUT2D eigenvalue weighted by Crippen LogP contribution is 2.61. The topological polar surface area (TPSA) is 87.2 Å². The quantitative estimate of drug-likeness (QED) is 0.428. The summed E-state index contributed by atoms with van der Waals surface area (Å²) in [6.07, 6.45) is 9.38. The molecule has 2 amide bonds. The van der Waals surface area contributed by atoms with Gasteiger partial charge in [0.25, 0.3) is 0 Å². The van der Waals surface area contributed by atoms with Gasteiger partial charge in [0.05, 0.1) is 29.2 Å². The van der Waals surface area contributed by atoms with Gasteiger partial charge in [0, 0.05) is 17.3 Å². The highest BCUT2D eigenvalue weighted by atomic mass is 32.2. The average Bonchev–Trinajstić information content (AvgIpc) is 3.07. The van der Waals surface area contributed by atoms with Crippen LogP contribution >= 0.6 is 11.8 Å². The van der Waals surface area contributed by atoms with Gasteiger partial charge in [-0.25, -0.2) is 0 Å². The number of hydrogen-bond donors (Lipinski definition) is 1. The van der Waals surface area contributed by atoms with Crippen LogP contribution in [-0.2, 0) is 19.1 Å². The largest absolute Gasteiger partial charge is 0.461 e. The molecule has 7 atom stereocenters. The zero-order valence-corrected chi connectivity index (χ0v) is 23.5. The van der Waals surface area contributed by atoms with Crippen molar-refractivity contribution in [3.05, 3.63) is 24.3 Å². The molecule has 1 spiro atoms. The number of carbonyl (C=O) groups excluding carboxylic acids is 3. The van der Waals surface area contributed by atoms with Crippen molar-refractivity contribution in [1.29, 1.82) is 0 Å². The molecule has 4 aliphatic heterocycles. The van der Waals surface area contributed by atoms with E-state index in [2.05, 4.69) is 34.6 Å². The van der Waals surface area contributed by atoms with Gasteiger partial charge in [-0.3, -0.25) is 14.4 Å². The van der Waals surface area contributed by atoms with Crippen LogP contribution in [0.5, 0.6) is 0 Å². The Balaban J connectivity index is 1.86. The lowest BCUT2D eigenvalue weighted by molar-refractivity contribution is -0.153. The molecule has 4 heterocycles. The number of likely N-dealkylation sites (tertiary alicyclic amines) is 1. The summed E-state index contributed by atoms with van der Waals surface area (Å²) in [5.41, 5.74) is -0.450. The molecule has 4 rings (SSSR count).